The highest BCUT2D eigenvalue weighted by atomic mass is 16.3. The number of carbonyl (C=O) groups excluding carboxylic acids is 2. The third-order valence-electron chi connectivity index (χ3n) is 6.88. The molecule has 1 aromatic heterocycles. The number of nitrogens with zero attached hydrogens (tertiary/aromatic N) is 5. The number of β-amino-alcohol motifs (C(OH)–C–C–N with tert-alkyl or cyclic N) is 1. The molecule has 0 spiro atoms. The molecule has 1 aliphatic carbocycles. The van der Waals surface area contributed by atoms with Crippen molar-refractivity contribution in [3.8, 4) is 0 Å². The van der Waals surface area contributed by atoms with Crippen molar-refractivity contribution in [2.24, 2.45) is 11.3 Å². The first-order chi connectivity index (χ1) is 15.4. The van der Waals surface area contributed by atoms with E-state index in [1.54, 1.807) is 9.58 Å². The van der Waals surface area contributed by atoms with Crippen LogP contribution in [0.15, 0.2) is 6.20 Å². The maximum atomic E-state index is 13.7. The first-order valence-corrected chi connectivity index (χ1v) is 12.2. The topological polar surface area (TPSA) is 104 Å². The molecule has 2 amide bonds. The smallest absolute Gasteiger partial charge is 0.248 e. The van der Waals surface area contributed by atoms with Crippen LogP contribution in [0.1, 0.15) is 78.0 Å². The zero-order valence-corrected chi connectivity index (χ0v) is 21.3. The van der Waals surface area contributed by atoms with Crippen molar-refractivity contribution >= 4 is 11.8 Å². The molecule has 1 unspecified atom stereocenters. The molecule has 2 fully saturated rings. The van der Waals surface area contributed by atoms with Crippen molar-refractivity contribution < 1.29 is 14.7 Å². The van der Waals surface area contributed by atoms with Crippen LogP contribution in [0, 0.1) is 11.3 Å². The number of hydrogen-bond acceptors (Lipinski definition) is 6. The lowest BCUT2D eigenvalue weighted by Gasteiger charge is -2.34. The Hall–Kier alpha value is -2.00. The SMILES string of the molecule is CC(C)C(CCNC(=O)[C@@H]1C[C@@H](O)CN1C(=O)[C@@H](n1cc(C2CC2)nn1)C(C)(C)C)N(C)C. The molecule has 0 radical (unpaired) electrons. The van der Waals surface area contributed by atoms with E-state index in [2.05, 4.69) is 34.4 Å². The fourth-order valence-corrected chi connectivity index (χ4v) is 4.98. The predicted octanol–water partition coefficient (Wildman–Crippen LogP) is 1.80. The molecule has 9 nitrogen and oxygen atoms in total. The summed E-state index contributed by atoms with van der Waals surface area (Å²) >= 11 is 0. The molecule has 9 heteroatoms. The van der Waals surface area contributed by atoms with Gasteiger partial charge in [0, 0.05) is 37.7 Å². The lowest BCUT2D eigenvalue weighted by atomic mass is 9.85. The van der Waals surface area contributed by atoms with Gasteiger partial charge in [-0.05, 0) is 44.7 Å². The molecule has 1 saturated heterocycles. The van der Waals surface area contributed by atoms with Crippen LogP contribution in [0.25, 0.3) is 0 Å². The molecule has 1 aliphatic heterocycles. The van der Waals surface area contributed by atoms with E-state index < -0.39 is 23.6 Å². The fraction of sp³-hybridized carbons (Fsp3) is 0.833. The molecule has 33 heavy (non-hydrogen) atoms. The number of nitrogens with one attached hydrogen (secondary N) is 1. The van der Waals surface area contributed by atoms with E-state index in [4.69, 9.17) is 0 Å². The number of aliphatic hydroxyl groups is 1. The number of amides is 2. The van der Waals surface area contributed by atoms with Crippen LogP contribution in [0.2, 0.25) is 0 Å². The number of carbonyl (C=O) groups is 2. The van der Waals surface area contributed by atoms with E-state index in [1.807, 2.05) is 41.1 Å². The van der Waals surface area contributed by atoms with E-state index in [-0.39, 0.29) is 24.8 Å². The Labute approximate surface area is 197 Å². The van der Waals surface area contributed by atoms with Crippen LogP contribution in [0.3, 0.4) is 0 Å². The van der Waals surface area contributed by atoms with Gasteiger partial charge < -0.3 is 20.2 Å². The van der Waals surface area contributed by atoms with E-state index >= 15 is 0 Å². The summed E-state index contributed by atoms with van der Waals surface area (Å²) in [7, 11) is 4.09. The van der Waals surface area contributed by atoms with Gasteiger partial charge in [0.2, 0.25) is 11.8 Å². The van der Waals surface area contributed by atoms with Gasteiger partial charge in [0.05, 0.1) is 11.8 Å². The largest absolute Gasteiger partial charge is 0.391 e. The third-order valence-corrected chi connectivity index (χ3v) is 6.88. The third kappa shape index (κ3) is 6.12. The number of rotatable bonds is 9. The lowest BCUT2D eigenvalue weighted by Crippen LogP contribution is -2.50. The molecule has 3 rings (SSSR count). The summed E-state index contributed by atoms with van der Waals surface area (Å²) in [4.78, 5) is 30.5. The van der Waals surface area contributed by atoms with Crippen molar-refractivity contribution in [2.45, 2.75) is 90.4 Å². The second kappa shape index (κ2) is 10.1. The summed E-state index contributed by atoms with van der Waals surface area (Å²) in [6, 6.07) is -0.923. The van der Waals surface area contributed by atoms with Crippen LogP contribution in [-0.2, 0) is 9.59 Å². The Morgan fingerprint density at radius 1 is 1.27 bits per heavy atom. The van der Waals surface area contributed by atoms with Gasteiger partial charge in [-0.3, -0.25) is 9.59 Å². The average Bonchev–Trinajstić information content (AvgIpc) is 3.31. The molecule has 2 N–H and O–H groups in total. The zero-order chi connectivity index (χ0) is 24.5. The lowest BCUT2D eigenvalue weighted by molar-refractivity contribution is -0.144. The van der Waals surface area contributed by atoms with Crippen LogP contribution >= 0.6 is 0 Å². The molecule has 1 saturated carbocycles. The summed E-state index contributed by atoms with van der Waals surface area (Å²) in [5.41, 5.74) is 0.490. The van der Waals surface area contributed by atoms with Crippen molar-refractivity contribution in [1.29, 1.82) is 0 Å². The molecule has 2 aliphatic rings. The Morgan fingerprint density at radius 2 is 1.94 bits per heavy atom. The summed E-state index contributed by atoms with van der Waals surface area (Å²) in [5.74, 6) is 0.517. The Morgan fingerprint density at radius 3 is 2.48 bits per heavy atom. The minimum absolute atomic E-state index is 0.153. The van der Waals surface area contributed by atoms with Crippen molar-refractivity contribution in [1.82, 2.24) is 30.1 Å². The monoisotopic (exact) mass is 462 g/mol. The highest BCUT2D eigenvalue weighted by Gasteiger charge is 2.45. The molecule has 2 heterocycles. The first kappa shape index (κ1) is 25.6. The standard InChI is InChI=1S/C24H42N6O3/c1-15(2)19(28(6)7)10-11-25-22(32)20-12-17(31)13-29(20)23(33)21(24(3,4)5)30-14-18(26-27-30)16-8-9-16/h14-17,19-21,31H,8-13H2,1-7H3,(H,25,32)/t17-,19?,20+,21-/m1/s1. The Kier molecular flexibility index (Phi) is 7.84. The van der Waals surface area contributed by atoms with Crippen LogP contribution in [-0.4, -0.2) is 87.1 Å². The zero-order valence-electron chi connectivity index (χ0n) is 21.3. The number of hydrogen-bond donors (Lipinski definition) is 2. The van der Waals surface area contributed by atoms with E-state index in [0.29, 0.717) is 24.4 Å². The van der Waals surface area contributed by atoms with Crippen molar-refractivity contribution in [3.05, 3.63) is 11.9 Å². The highest BCUT2D eigenvalue weighted by molar-refractivity contribution is 5.90. The van der Waals surface area contributed by atoms with Crippen LogP contribution in [0.5, 0.6) is 0 Å². The van der Waals surface area contributed by atoms with E-state index in [1.165, 1.54) is 0 Å². The second-order valence-corrected chi connectivity index (χ2v) is 11.4. The Bertz CT molecular complexity index is 818. The molecule has 4 atom stereocenters. The molecular weight excluding hydrogens is 420 g/mol. The van der Waals surface area contributed by atoms with Gasteiger partial charge in [-0.1, -0.05) is 39.8 Å². The molecule has 0 bridgehead atoms. The molecule has 186 valence electrons. The second-order valence-electron chi connectivity index (χ2n) is 11.4. The minimum atomic E-state index is -0.715. The normalized spacial score (nSPS) is 23.3. The van der Waals surface area contributed by atoms with E-state index in [9.17, 15) is 14.7 Å². The molecular formula is C24H42N6O3. The maximum absolute atomic E-state index is 13.7. The van der Waals surface area contributed by atoms with Gasteiger partial charge >= 0.3 is 0 Å². The number of aliphatic hydroxyl groups excluding tert-OH is 1. The van der Waals surface area contributed by atoms with Gasteiger partial charge in [-0.15, -0.1) is 5.10 Å². The van der Waals surface area contributed by atoms with Gasteiger partial charge in [0.1, 0.15) is 12.1 Å². The number of aromatic nitrogens is 3. The van der Waals surface area contributed by atoms with Gasteiger partial charge in [-0.25, -0.2) is 4.68 Å². The van der Waals surface area contributed by atoms with Gasteiger partial charge in [-0.2, -0.15) is 0 Å². The summed E-state index contributed by atoms with van der Waals surface area (Å²) in [6.45, 7) is 11.0. The first-order valence-electron chi connectivity index (χ1n) is 12.2. The quantitative estimate of drug-likeness (QED) is 0.580. The van der Waals surface area contributed by atoms with Crippen LogP contribution in [0.4, 0.5) is 0 Å². The summed E-state index contributed by atoms with van der Waals surface area (Å²) in [5, 5.41) is 21.9. The summed E-state index contributed by atoms with van der Waals surface area (Å²) in [6.07, 6.45) is 4.46. The van der Waals surface area contributed by atoms with Gasteiger partial charge in [0.15, 0.2) is 0 Å². The van der Waals surface area contributed by atoms with Crippen molar-refractivity contribution in [2.75, 3.05) is 27.2 Å². The number of likely N-dealkylation sites (tertiary alicyclic amines) is 1. The average molecular weight is 463 g/mol. The fourth-order valence-electron chi connectivity index (χ4n) is 4.98. The van der Waals surface area contributed by atoms with Crippen molar-refractivity contribution in [3.63, 3.8) is 0 Å². The Balaban J connectivity index is 1.71. The minimum Gasteiger partial charge on any atom is -0.391 e. The molecule has 1 aromatic rings. The summed E-state index contributed by atoms with van der Waals surface area (Å²) < 4.78 is 1.65. The highest BCUT2D eigenvalue weighted by Crippen LogP contribution is 2.40. The van der Waals surface area contributed by atoms with Crippen LogP contribution < -0.4 is 5.32 Å². The van der Waals surface area contributed by atoms with Gasteiger partial charge in [0.25, 0.3) is 0 Å². The molecule has 0 aromatic carbocycles. The predicted molar refractivity (Wildman–Crippen MR) is 127 cm³/mol. The van der Waals surface area contributed by atoms with E-state index in [0.717, 1.165) is 25.0 Å². The maximum Gasteiger partial charge on any atom is 0.248 e.